The van der Waals surface area contributed by atoms with Crippen LogP contribution in [0.1, 0.15) is 46.4 Å². The van der Waals surface area contributed by atoms with Gasteiger partial charge in [-0.3, -0.25) is 9.78 Å². The third kappa shape index (κ3) is 2.33. The van der Waals surface area contributed by atoms with Crippen LogP contribution < -0.4 is 0 Å². The van der Waals surface area contributed by atoms with Gasteiger partial charge in [-0.05, 0) is 44.2 Å². The van der Waals surface area contributed by atoms with Crippen molar-refractivity contribution in [3.63, 3.8) is 0 Å². The molecule has 1 aliphatic rings. The molecule has 0 N–H and O–H groups in total. The minimum absolute atomic E-state index is 0.164. The summed E-state index contributed by atoms with van der Waals surface area (Å²) < 4.78 is 0. The van der Waals surface area contributed by atoms with Gasteiger partial charge in [-0.25, -0.2) is 9.97 Å². The average molecular weight is 267 g/mol. The first-order chi connectivity index (χ1) is 9.65. The van der Waals surface area contributed by atoms with Crippen LogP contribution in [-0.4, -0.2) is 20.7 Å². The van der Waals surface area contributed by atoms with Crippen molar-refractivity contribution < 1.29 is 4.79 Å². The second-order valence-corrected chi connectivity index (χ2v) is 5.36. The Bertz CT molecular complexity index is 679. The van der Waals surface area contributed by atoms with Crippen LogP contribution in [0.2, 0.25) is 0 Å². The molecule has 2 aromatic rings. The minimum Gasteiger partial charge on any atom is -0.294 e. The SMILES string of the molecule is Cc1cnc(-c2ncc3c(n2)CCCCC3=O)c(C)c1. The Hall–Kier alpha value is -2.10. The van der Waals surface area contributed by atoms with Crippen LogP contribution in [0.15, 0.2) is 18.5 Å². The van der Waals surface area contributed by atoms with Crippen LogP contribution in [0, 0.1) is 13.8 Å². The molecule has 0 radical (unpaired) electrons. The highest BCUT2D eigenvalue weighted by Crippen LogP contribution is 2.23. The fourth-order valence-electron chi connectivity index (χ4n) is 2.62. The molecule has 0 fully saturated rings. The van der Waals surface area contributed by atoms with Crippen LogP contribution in [0.4, 0.5) is 0 Å². The van der Waals surface area contributed by atoms with Gasteiger partial charge in [0.2, 0.25) is 0 Å². The van der Waals surface area contributed by atoms with Gasteiger partial charge >= 0.3 is 0 Å². The molecule has 2 aromatic heterocycles. The summed E-state index contributed by atoms with van der Waals surface area (Å²) in [5.74, 6) is 0.786. The Kier molecular flexibility index (Phi) is 3.30. The van der Waals surface area contributed by atoms with Crippen molar-refractivity contribution in [1.82, 2.24) is 15.0 Å². The van der Waals surface area contributed by atoms with E-state index in [1.54, 1.807) is 6.20 Å². The third-order valence-corrected chi connectivity index (χ3v) is 3.66. The number of pyridine rings is 1. The lowest BCUT2D eigenvalue weighted by Crippen LogP contribution is -2.06. The van der Waals surface area contributed by atoms with Crippen molar-refractivity contribution in [1.29, 1.82) is 0 Å². The van der Waals surface area contributed by atoms with Crippen molar-refractivity contribution in [3.05, 3.63) is 40.8 Å². The summed E-state index contributed by atoms with van der Waals surface area (Å²) in [4.78, 5) is 25.3. The number of carbonyl (C=O) groups is 1. The molecule has 0 saturated carbocycles. The Balaban J connectivity index is 2.08. The highest BCUT2D eigenvalue weighted by Gasteiger charge is 2.19. The second-order valence-electron chi connectivity index (χ2n) is 5.36. The molecular formula is C16H17N3O. The first kappa shape index (κ1) is 12.9. The number of fused-ring (bicyclic) bond motifs is 1. The van der Waals surface area contributed by atoms with Gasteiger partial charge in [-0.15, -0.1) is 0 Å². The molecule has 0 bridgehead atoms. The second kappa shape index (κ2) is 5.12. The van der Waals surface area contributed by atoms with E-state index >= 15 is 0 Å². The summed E-state index contributed by atoms with van der Waals surface area (Å²) in [7, 11) is 0. The lowest BCUT2D eigenvalue weighted by atomic mass is 10.1. The molecule has 0 saturated heterocycles. The zero-order chi connectivity index (χ0) is 14.1. The summed E-state index contributed by atoms with van der Waals surface area (Å²) in [6.45, 7) is 4.02. The average Bonchev–Trinajstić information content (AvgIpc) is 2.60. The number of ketones is 1. The van der Waals surface area contributed by atoms with Crippen LogP contribution in [0.25, 0.3) is 11.5 Å². The van der Waals surface area contributed by atoms with Crippen molar-refractivity contribution in [2.45, 2.75) is 39.5 Å². The fourth-order valence-corrected chi connectivity index (χ4v) is 2.62. The van der Waals surface area contributed by atoms with Gasteiger partial charge in [-0.2, -0.15) is 0 Å². The molecule has 0 aliphatic heterocycles. The molecule has 0 unspecified atom stereocenters. The van der Waals surface area contributed by atoms with Crippen molar-refractivity contribution >= 4 is 5.78 Å². The zero-order valence-corrected chi connectivity index (χ0v) is 11.8. The van der Waals surface area contributed by atoms with Gasteiger partial charge in [-0.1, -0.05) is 6.07 Å². The molecule has 0 atom stereocenters. The van der Waals surface area contributed by atoms with E-state index in [1.807, 2.05) is 20.0 Å². The van der Waals surface area contributed by atoms with E-state index in [4.69, 9.17) is 0 Å². The maximum atomic E-state index is 12.0. The maximum Gasteiger partial charge on any atom is 0.178 e. The van der Waals surface area contributed by atoms with E-state index in [0.717, 1.165) is 41.8 Å². The van der Waals surface area contributed by atoms with Crippen molar-refractivity contribution in [2.24, 2.45) is 0 Å². The van der Waals surface area contributed by atoms with Crippen molar-refractivity contribution in [2.75, 3.05) is 0 Å². The summed E-state index contributed by atoms with van der Waals surface area (Å²) >= 11 is 0. The highest BCUT2D eigenvalue weighted by atomic mass is 16.1. The Morgan fingerprint density at radius 3 is 2.65 bits per heavy atom. The molecule has 3 rings (SSSR count). The topological polar surface area (TPSA) is 55.7 Å². The van der Waals surface area contributed by atoms with Gasteiger partial charge in [0.1, 0.15) is 5.69 Å². The number of hydrogen-bond acceptors (Lipinski definition) is 4. The number of nitrogens with zero attached hydrogens (tertiary/aromatic N) is 3. The zero-order valence-electron chi connectivity index (χ0n) is 11.8. The predicted octanol–water partition coefficient (Wildman–Crippen LogP) is 3.06. The monoisotopic (exact) mass is 267 g/mol. The predicted molar refractivity (Wildman–Crippen MR) is 76.6 cm³/mol. The quantitative estimate of drug-likeness (QED) is 0.745. The lowest BCUT2D eigenvalue weighted by molar-refractivity contribution is 0.0981. The number of aryl methyl sites for hydroxylation is 3. The van der Waals surface area contributed by atoms with Crippen LogP contribution >= 0.6 is 0 Å². The third-order valence-electron chi connectivity index (χ3n) is 3.66. The van der Waals surface area contributed by atoms with Gasteiger partial charge < -0.3 is 0 Å². The van der Waals surface area contributed by atoms with Gasteiger partial charge in [0, 0.05) is 18.8 Å². The normalized spacial score (nSPS) is 14.8. The summed E-state index contributed by atoms with van der Waals surface area (Å²) in [6.07, 6.45) is 6.90. The fraction of sp³-hybridized carbons (Fsp3) is 0.375. The summed E-state index contributed by atoms with van der Waals surface area (Å²) in [6, 6.07) is 2.07. The number of Topliss-reactive ketones (excluding diaryl/α,β-unsaturated/α-hetero) is 1. The van der Waals surface area contributed by atoms with E-state index in [-0.39, 0.29) is 5.78 Å². The van der Waals surface area contributed by atoms with E-state index in [9.17, 15) is 4.79 Å². The van der Waals surface area contributed by atoms with Crippen molar-refractivity contribution in [3.8, 4) is 11.5 Å². The van der Waals surface area contributed by atoms with E-state index in [1.165, 1.54) is 0 Å². The molecular weight excluding hydrogens is 250 g/mol. The number of hydrogen-bond donors (Lipinski definition) is 0. The van der Waals surface area contributed by atoms with Crippen LogP contribution in [0.3, 0.4) is 0 Å². The van der Waals surface area contributed by atoms with Gasteiger partial charge in [0.15, 0.2) is 11.6 Å². The molecule has 1 aliphatic carbocycles. The first-order valence-electron chi connectivity index (χ1n) is 6.98. The maximum absolute atomic E-state index is 12.0. The Labute approximate surface area is 118 Å². The van der Waals surface area contributed by atoms with Gasteiger partial charge in [0.05, 0.1) is 11.3 Å². The highest BCUT2D eigenvalue weighted by molar-refractivity contribution is 5.97. The van der Waals surface area contributed by atoms with E-state index in [2.05, 4.69) is 21.0 Å². The molecule has 4 nitrogen and oxygen atoms in total. The van der Waals surface area contributed by atoms with E-state index in [0.29, 0.717) is 17.8 Å². The smallest absolute Gasteiger partial charge is 0.178 e. The summed E-state index contributed by atoms with van der Waals surface area (Å²) in [5.41, 5.74) is 4.55. The molecule has 0 amide bonds. The molecule has 4 heteroatoms. The number of carbonyl (C=O) groups excluding carboxylic acids is 1. The van der Waals surface area contributed by atoms with E-state index < -0.39 is 0 Å². The largest absolute Gasteiger partial charge is 0.294 e. The standard InChI is InChI=1S/C16H17N3O/c1-10-7-11(2)15(17-8-10)16-18-9-12-13(19-16)5-3-4-6-14(12)20/h7-9H,3-6H2,1-2H3. The molecule has 102 valence electrons. The van der Waals surface area contributed by atoms with Gasteiger partial charge in [0.25, 0.3) is 0 Å². The number of aromatic nitrogens is 3. The molecule has 2 heterocycles. The van der Waals surface area contributed by atoms with Crippen LogP contribution in [0.5, 0.6) is 0 Å². The molecule has 0 spiro atoms. The molecule has 20 heavy (non-hydrogen) atoms. The minimum atomic E-state index is 0.164. The summed E-state index contributed by atoms with van der Waals surface area (Å²) in [5, 5.41) is 0. The van der Waals surface area contributed by atoms with Crippen LogP contribution in [-0.2, 0) is 6.42 Å². The number of rotatable bonds is 1. The molecule has 0 aromatic carbocycles. The Morgan fingerprint density at radius 1 is 1.05 bits per heavy atom. The first-order valence-corrected chi connectivity index (χ1v) is 6.98. The Morgan fingerprint density at radius 2 is 1.85 bits per heavy atom. The lowest BCUT2D eigenvalue weighted by Gasteiger charge is -2.08.